The molecular formula is C63H45N. The molecule has 11 aromatic carbocycles. The first kappa shape index (κ1) is 37.7. The molecule has 302 valence electrons. The minimum absolute atomic E-state index is 0.195. The molecule has 1 aliphatic rings. The van der Waals surface area contributed by atoms with E-state index in [1.165, 1.54) is 99.1 Å². The molecule has 12 rings (SSSR count). The Hall–Kier alpha value is -8.00. The van der Waals surface area contributed by atoms with Crippen molar-refractivity contribution in [3.8, 4) is 55.6 Å². The minimum Gasteiger partial charge on any atom is -0.310 e. The average molecular weight is 816 g/mol. The van der Waals surface area contributed by atoms with Gasteiger partial charge in [-0.05, 0) is 148 Å². The molecule has 0 spiro atoms. The lowest BCUT2D eigenvalue weighted by Gasteiger charge is -2.28. The van der Waals surface area contributed by atoms with Gasteiger partial charge in [-0.1, -0.05) is 202 Å². The number of fused-ring (bicyclic) bond motifs is 9. The maximum atomic E-state index is 2.43. The number of nitrogens with zero attached hydrogens (tertiary/aromatic N) is 1. The highest BCUT2D eigenvalue weighted by molar-refractivity contribution is 6.25. The highest BCUT2D eigenvalue weighted by Gasteiger charge is 2.36. The second kappa shape index (κ2) is 15.1. The van der Waals surface area contributed by atoms with Crippen molar-refractivity contribution in [3.63, 3.8) is 0 Å². The Morgan fingerprint density at radius 1 is 0.250 bits per heavy atom. The van der Waals surface area contributed by atoms with Crippen LogP contribution < -0.4 is 4.90 Å². The summed E-state index contributed by atoms with van der Waals surface area (Å²) in [7, 11) is 0. The third-order valence-corrected chi connectivity index (χ3v) is 13.7. The summed E-state index contributed by atoms with van der Waals surface area (Å²) in [4.78, 5) is 2.41. The Morgan fingerprint density at radius 3 is 1.09 bits per heavy atom. The van der Waals surface area contributed by atoms with E-state index in [0.717, 1.165) is 17.1 Å². The van der Waals surface area contributed by atoms with E-state index < -0.39 is 0 Å². The molecule has 0 saturated heterocycles. The zero-order valence-electron chi connectivity index (χ0n) is 36.0. The fourth-order valence-corrected chi connectivity index (χ4v) is 10.3. The third kappa shape index (κ3) is 6.31. The molecule has 0 atom stereocenters. The number of rotatable bonds is 7. The summed E-state index contributed by atoms with van der Waals surface area (Å²) < 4.78 is 0. The van der Waals surface area contributed by atoms with Crippen molar-refractivity contribution >= 4 is 49.4 Å². The fourth-order valence-electron chi connectivity index (χ4n) is 10.3. The van der Waals surface area contributed by atoms with Crippen LogP contribution in [0.25, 0.3) is 88.0 Å². The molecule has 0 bridgehead atoms. The molecule has 64 heavy (non-hydrogen) atoms. The topological polar surface area (TPSA) is 3.24 Å². The predicted molar refractivity (Wildman–Crippen MR) is 273 cm³/mol. The van der Waals surface area contributed by atoms with E-state index in [4.69, 9.17) is 0 Å². The van der Waals surface area contributed by atoms with Gasteiger partial charge in [-0.15, -0.1) is 0 Å². The van der Waals surface area contributed by atoms with Crippen molar-refractivity contribution in [2.24, 2.45) is 0 Å². The van der Waals surface area contributed by atoms with Crippen molar-refractivity contribution < 1.29 is 0 Å². The van der Waals surface area contributed by atoms with Crippen LogP contribution in [0.5, 0.6) is 0 Å². The number of hydrogen-bond acceptors (Lipinski definition) is 1. The normalized spacial score (nSPS) is 12.7. The Labute approximate surface area is 375 Å². The predicted octanol–water partition coefficient (Wildman–Crippen LogP) is 17.6. The Morgan fingerprint density at radius 2 is 0.578 bits per heavy atom. The molecule has 0 N–H and O–H groups in total. The average Bonchev–Trinajstić information content (AvgIpc) is 3.59. The molecule has 1 aliphatic carbocycles. The van der Waals surface area contributed by atoms with E-state index in [-0.39, 0.29) is 5.41 Å². The molecular weight excluding hydrogens is 771 g/mol. The van der Waals surface area contributed by atoms with E-state index in [1.807, 2.05) is 0 Å². The van der Waals surface area contributed by atoms with E-state index >= 15 is 0 Å². The van der Waals surface area contributed by atoms with Gasteiger partial charge in [-0.2, -0.15) is 0 Å². The second-order valence-corrected chi connectivity index (χ2v) is 17.7. The van der Waals surface area contributed by atoms with Gasteiger partial charge in [0.05, 0.1) is 0 Å². The largest absolute Gasteiger partial charge is 0.310 e. The number of benzene rings is 11. The van der Waals surface area contributed by atoms with E-state index in [0.29, 0.717) is 0 Å². The monoisotopic (exact) mass is 815 g/mol. The van der Waals surface area contributed by atoms with Crippen molar-refractivity contribution in [2.45, 2.75) is 19.3 Å². The summed E-state index contributed by atoms with van der Waals surface area (Å²) in [5, 5.41) is 7.74. The highest BCUT2D eigenvalue weighted by atomic mass is 15.1. The van der Waals surface area contributed by atoms with Crippen LogP contribution >= 0.6 is 0 Å². The van der Waals surface area contributed by atoms with E-state index in [9.17, 15) is 0 Å². The maximum absolute atomic E-state index is 2.43. The van der Waals surface area contributed by atoms with Gasteiger partial charge in [0.2, 0.25) is 0 Å². The summed E-state index contributed by atoms with van der Waals surface area (Å²) in [6.45, 7) is 4.76. The van der Waals surface area contributed by atoms with Crippen LogP contribution in [-0.4, -0.2) is 0 Å². The Bertz CT molecular complexity index is 3490. The van der Waals surface area contributed by atoms with E-state index in [1.54, 1.807) is 0 Å². The summed E-state index contributed by atoms with van der Waals surface area (Å²) >= 11 is 0. The summed E-state index contributed by atoms with van der Waals surface area (Å²) in [5.74, 6) is 0. The summed E-state index contributed by atoms with van der Waals surface area (Å²) in [5.41, 5.74) is 18.3. The zero-order chi connectivity index (χ0) is 42.8. The van der Waals surface area contributed by atoms with Gasteiger partial charge in [0, 0.05) is 22.5 Å². The van der Waals surface area contributed by atoms with Crippen LogP contribution in [0, 0.1) is 0 Å². The third-order valence-electron chi connectivity index (χ3n) is 13.7. The lowest BCUT2D eigenvalue weighted by atomic mass is 9.81. The minimum atomic E-state index is -0.195. The molecule has 11 aromatic rings. The van der Waals surface area contributed by atoms with Gasteiger partial charge in [-0.25, -0.2) is 0 Å². The van der Waals surface area contributed by atoms with Gasteiger partial charge in [-0.3, -0.25) is 0 Å². The first-order valence-electron chi connectivity index (χ1n) is 22.3. The zero-order valence-corrected chi connectivity index (χ0v) is 36.0. The first-order chi connectivity index (χ1) is 31.5. The van der Waals surface area contributed by atoms with Gasteiger partial charge in [0.15, 0.2) is 0 Å². The molecule has 0 saturated carbocycles. The van der Waals surface area contributed by atoms with Crippen molar-refractivity contribution in [3.05, 3.63) is 248 Å². The summed E-state index contributed by atoms with van der Waals surface area (Å²) in [6, 6.07) is 87.1. The standard InChI is InChI=1S/C63H45N/c1-63(2)61-40-49(46-23-21-44(22-24-46)42-13-5-3-6-14-42)30-37-58(61)59-38-35-52(41-62(59)63)64(50-31-25-45(26-32-50)43-15-7-4-8-16-43)51-33-27-47(28-34-51)48-29-36-57-55-19-10-9-17-53(55)54-18-11-12-20-56(54)60(57)39-48/h3-41H,1-2H3. The molecule has 0 heterocycles. The van der Waals surface area contributed by atoms with Crippen LogP contribution in [0.3, 0.4) is 0 Å². The Kier molecular flexibility index (Phi) is 8.91. The number of anilines is 3. The van der Waals surface area contributed by atoms with Gasteiger partial charge in [0.1, 0.15) is 0 Å². The SMILES string of the molecule is CC1(C)c2cc(-c3ccc(-c4ccccc4)cc3)ccc2-c2ccc(N(c3ccc(-c4ccccc4)cc3)c3ccc(-c4ccc5c6ccccc6c6ccccc6c5c4)cc3)cc21. The first-order valence-corrected chi connectivity index (χ1v) is 22.3. The molecule has 0 aromatic heterocycles. The second-order valence-electron chi connectivity index (χ2n) is 17.7. The lowest BCUT2D eigenvalue weighted by Crippen LogP contribution is -2.16. The highest BCUT2D eigenvalue weighted by Crippen LogP contribution is 2.52. The summed E-state index contributed by atoms with van der Waals surface area (Å²) in [6.07, 6.45) is 0. The maximum Gasteiger partial charge on any atom is 0.0465 e. The smallest absolute Gasteiger partial charge is 0.0465 e. The molecule has 0 amide bonds. The Balaban J connectivity index is 0.923. The van der Waals surface area contributed by atoms with E-state index in [2.05, 4.69) is 255 Å². The molecule has 0 radical (unpaired) electrons. The van der Waals surface area contributed by atoms with Crippen LogP contribution in [0.2, 0.25) is 0 Å². The van der Waals surface area contributed by atoms with Crippen LogP contribution in [-0.2, 0) is 5.41 Å². The molecule has 1 nitrogen and oxygen atoms in total. The lowest BCUT2D eigenvalue weighted by molar-refractivity contribution is 0.660. The quantitative estimate of drug-likeness (QED) is 0.145. The van der Waals surface area contributed by atoms with Crippen LogP contribution in [0.15, 0.2) is 237 Å². The molecule has 1 heteroatoms. The molecule has 0 aliphatic heterocycles. The fraction of sp³-hybridized carbons (Fsp3) is 0.0476. The van der Waals surface area contributed by atoms with Gasteiger partial charge in [0.25, 0.3) is 0 Å². The van der Waals surface area contributed by atoms with Crippen molar-refractivity contribution in [1.29, 1.82) is 0 Å². The van der Waals surface area contributed by atoms with Gasteiger partial charge >= 0.3 is 0 Å². The van der Waals surface area contributed by atoms with Gasteiger partial charge < -0.3 is 4.90 Å². The van der Waals surface area contributed by atoms with Crippen LogP contribution in [0.4, 0.5) is 17.1 Å². The van der Waals surface area contributed by atoms with Crippen molar-refractivity contribution in [1.82, 2.24) is 0 Å². The van der Waals surface area contributed by atoms with Crippen LogP contribution in [0.1, 0.15) is 25.0 Å². The van der Waals surface area contributed by atoms with Crippen molar-refractivity contribution in [2.75, 3.05) is 4.90 Å². The number of hydrogen-bond donors (Lipinski definition) is 0. The molecule has 0 unspecified atom stereocenters. The molecule has 0 fully saturated rings.